The van der Waals surface area contributed by atoms with Crippen molar-refractivity contribution in [1.82, 2.24) is 5.32 Å². The summed E-state index contributed by atoms with van der Waals surface area (Å²) in [5, 5.41) is 41.5. The molecule has 10 nitrogen and oxygen atoms in total. The van der Waals surface area contributed by atoms with Gasteiger partial charge in [-0.05, 0) is 30.5 Å². The number of carbonyl (C=O) groups is 1. The Morgan fingerprint density at radius 3 is 2.13 bits per heavy atom. The van der Waals surface area contributed by atoms with Gasteiger partial charge in [0.25, 0.3) is 0 Å². The van der Waals surface area contributed by atoms with Crippen LogP contribution in [0.15, 0.2) is 12.1 Å². The van der Waals surface area contributed by atoms with E-state index in [-0.39, 0.29) is 25.3 Å². The Kier molecular flexibility index (Phi) is 9.12. The number of aliphatic hydroxyl groups excluding tert-OH is 4. The van der Waals surface area contributed by atoms with E-state index in [0.717, 1.165) is 5.56 Å². The molecule has 0 saturated carbocycles. The topological polar surface area (TPSA) is 147 Å². The molecule has 1 amide bonds. The van der Waals surface area contributed by atoms with Gasteiger partial charge < -0.3 is 44.7 Å². The number of benzene rings is 1. The fourth-order valence-corrected chi connectivity index (χ4v) is 3.40. The van der Waals surface area contributed by atoms with Crippen LogP contribution in [0.3, 0.4) is 0 Å². The van der Waals surface area contributed by atoms with Gasteiger partial charge in [-0.3, -0.25) is 4.79 Å². The summed E-state index contributed by atoms with van der Waals surface area (Å²) in [4.78, 5) is 12.2. The van der Waals surface area contributed by atoms with Crippen molar-refractivity contribution in [2.75, 3.05) is 34.5 Å². The van der Waals surface area contributed by atoms with Crippen molar-refractivity contribution in [3.63, 3.8) is 0 Å². The van der Waals surface area contributed by atoms with Crippen molar-refractivity contribution >= 4 is 5.91 Å². The van der Waals surface area contributed by atoms with Crippen LogP contribution >= 0.6 is 0 Å². The van der Waals surface area contributed by atoms with Crippen molar-refractivity contribution in [2.45, 2.75) is 49.8 Å². The maximum atomic E-state index is 12.2. The van der Waals surface area contributed by atoms with E-state index in [0.29, 0.717) is 23.7 Å². The maximum absolute atomic E-state index is 12.2. The third kappa shape index (κ3) is 5.73. The summed E-state index contributed by atoms with van der Waals surface area (Å²) in [7, 11) is 4.56. The fraction of sp³-hybridized carbons (Fsp3) is 0.650. The van der Waals surface area contributed by atoms with Crippen molar-refractivity contribution in [2.24, 2.45) is 0 Å². The number of methoxy groups -OCH3 is 3. The summed E-state index contributed by atoms with van der Waals surface area (Å²) in [5.41, 5.74) is 0.841. The molecular formula is C20H31NO9. The fourth-order valence-electron chi connectivity index (χ4n) is 3.40. The second-order valence-electron chi connectivity index (χ2n) is 7.04. The van der Waals surface area contributed by atoms with E-state index in [1.165, 1.54) is 21.3 Å². The molecule has 1 aliphatic heterocycles. The van der Waals surface area contributed by atoms with Gasteiger partial charge >= 0.3 is 0 Å². The number of hydrogen-bond donors (Lipinski definition) is 5. The monoisotopic (exact) mass is 429 g/mol. The van der Waals surface area contributed by atoms with E-state index in [2.05, 4.69) is 5.32 Å². The van der Waals surface area contributed by atoms with Crippen LogP contribution in [0.2, 0.25) is 0 Å². The summed E-state index contributed by atoms with van der Waals surface area (Å²) in [5.74, 6) is 1.30. The van der Waals surface area contributed by atoms with Crippen LogP contribution in [0.5, 0.6) is 17.2 Å². The molecule has 0 spiro atoms. The molecule has 1 aromatic carbocycles. The molecule has 0 radical (unpaired) electrons. The molecule has 1 saturated heterocycles. The van der Waals surface area contributed by atoms with Crippen molar-refractivity contribution < 1.29 is 44.2 Å². The summed E-state index contributed by atoms with van der Waals surface area (Å²) >= 11 is 0. The van der Waals surface area contributed by atoms with E-state index >= 15 is 0 Å². The Hall–Kier alpha value is -2.11. The molecule has 0 unspecified atom stereocenters. The normalized spacial score (nSPS) is 26.2. The third-order valence-electron chi connectivity index (χ3n) is 5.11. The molecule has 1 aromatic rings. The minimum Gasteiger partial charge on any atom is -0.493 e. The zero-order chi connectivity index (χ0) is 22.3. The predicted molar refractivity (Wildman–Crippen MR) is 106 cm³/mol. The van der Waals surface area contributed by atoms with Crippen molar-refractivity contribution in [3.8, 4) is 17.2 Å². The van der Waals surface area contributed by atoms with Gasteiger partial charge in [0.15, 0.2) is 11.5 Å². The molecular weight excluding hydrogens is 398 g/mol. The van der Waals surface area contributed by atoms with Gasteiger partial charge in [-0.15, -0.1) is 0 Å². The van der Waals surface area contributed by atoms with Gasteiger partial charge in [-0.2, -0.15) is 0 Å². The average Bonchev–Trinajstić information content (AvgIpc) is 2.76. The molecule has 1 heterocycles. The minimum atomic E-state index is -1.42. The summed E-state index contributed by atoms with van der Waals surface area (Å²) < 4.78 is 21.3. The lowest BCUT2D eigenvalue weighted by atomic mass is 9.93. The Bertz CT molecular complexity index is 672. The van der Waals surface area contributed by atoms with Crippen molar-refractivity contribution in [1.29, 1.82) is 0 Å². The predicted octanol–water partition coefficient (Wildman–Crippen LogP) is -1.01. The van der Waals surface area contributed by atoms with Gasteiger partial charge in [0.1, 0.15) is 24.4 Å². The Morgan fingerprint density at radius 1 is 1.00 bits per heavy atom. The van der Waals surface area contributed by atoms with Gasteiger partial charge in [0.2, 0.25) is 11.7 Å². The van der Waals surface area contributed by atoms with Gasteiger partial charge in [-0.25, -0.2) is 0 Å². The van der Waals surface area contributed by atoms with Crippen LogP contribution in [0.4, 0.5) is 0 Å². The highest BCUT2D eigenvalue weighted by Gasteiger charge is 2.42. The van der Waals surface area contributed by atoms with Gasteiger partial charge in [-0.1, -0.05) is 0 Å². The third-order valence-corrected chi connectivity index (χ3v) is 5.11. The van der Waals surface area contributed by atoms with Crippen molar-refractivity contribution in [3.05, 3.63) is 17.7 Å². The first-order valence-electron chi connectivity index (χ1n) is 9.72. The van der Waals surface area contributed by atoms with E-state index < -0.39 is 37.1 Å². The van der Waals surface area contributed by atoms with Gasteiger partial charge in [0.05, 0.1) is 34.0 Å². The Morgan fingerprint density at radius 2 is 1.60 bits per heavy atom. The summed E-state index contributed by atoms with van der Waals surface area (Å²) in [6.45, 7) is -0.278. The van der Waals surface area contributed by atoms with Gasteiger partial charge in [0, 0.05) is 13.0 Å². The molecule has 10 heteroatoms. The number of amides is 1. The van der Waals surface area contributed by atoms with E-state index in [1.54, 1.807) is 12.1 Å². The van der Waals surface area contributed by atoms with Crippen LogP contribution in [0.1, 0.15) is 18.4 Å². The van der Waals surface area contributed by atoms with Crippen LogP contribution in [0, 0.1) is 0 Å². The lowest BCUT2D eigenvalue weighted by Crippen LogP contribution is -2.58. The lowest BCUT2D eigenvalue weighted by Gasteiger charge is -2.40. The number of nitrogens with one attached hydrogen (secondary N) is 1. The molecule has 0 aromatic heterocycles. The first-order valence-corrected chi connectivity index (χ1v) is 9.72. The number of aryl methyl sites for hydroxylation is 1. The number of hydrogen-bond acceptors (Lipinski definition) is 9. The standard InChI is InChI=1S/C20H31NO9/c1-27-13-8-11(9-14(28-2)20(13)29-3)4-5-16(23)21-7-6-12-17(24)19(26)18(25)15(10-22)30-12/h8-9,12,15,17-19,22,24-26H,4-7,10H2,1-3H3,(H,21,23)/t12-,15-,17+,18+,19-/m1/s1. The second-order valence-corrected chi connectivity index (χ2v) is 7.04. The second kappa shape index (κ2) is 11.3. The summed E-state index contributed by atoms with van der Waals surface area (Å²) in [6.07, 6.45) is -5.00. The Labute approximate surface area is 175 Å². The maximum Gasteiger partial charge on any atom is 0.220 e. The molecule has 1 fully saturated rings. The van der Waals surface area contributed by atoms with Crippen LogP contribution in [-0.2, 0) is 16.0 Å². The number of carbonyl (C=O) groups excluding carboxylic acids is 1. The summed E-state index contributed by atoms with van der Waals surface area (Å²) in [6, 6.07) is 3.56. The van der Waals surface area contributed by atoms with E-state index in [9.17, 15) is 25.2 Å². The first-order chi connectivity index (χ1) is 14.4. The molecule has 170 valence electrons. The molecule has 5 N–H and O–H groups in total. The molecule has 1 aliphatic rings. The van der Waals surface area contributed by atoms with E-state index in [1.807, 2.05) is 0 Å². The average molecular weight is 429 g/mol. The molecule has 5 atom stereocenters. The number of aliphatic hydroxyl groups is 4. The molecule has 2 rings (SSSR count). The first kappa shape index (κ1) is 24.2. The zero-order valence-electron chi connectivity index (χ0n) is 17.4. The number of rotatable bonds is 10. The van der Waals surface area contributed by atoms with Crippen LogP contribution in [0.25, 0.3) is 0 Å². The smallest absolute Gasteiger partial charge is 0.220 e. The number of ether oxygens (including phenoxy) is 4. The SMILES string of the molecule is COc1cc(CCC(=O)NCC[C@H]2O[C@H](CO)[C@H](O)[C@H](O)[C@H]2O)cc(OC)c1OC. The lowest BCUT2D eigenvalue weighted by molar-refractivity contribution is -0.229. The highest BCUT2D eigenvalue weighted by atomic mass is 16.5. The highest BCUT2D eigenvalue weighted by molar-refractivity contribution is 5.76. The molecule has 0 bridgehead atoms. The quantitative estimate of drug-likeness (QED) is 0.316. The highest BCUT2D eigenvalue weighted by Crippen LogP contribution is 2.38. The largest absolute Gasteiger partial charge is 0.493 e. The van der Waals surface area contributed by atoms with Crippen LogP contribution in [-0.4, -0.2) is 91.3 Å². The Balaban J connectivity index is 1.84. The van der Waals surface area contributed by atoms with Crippen LogP contribution < -0.4 is 19.5 Å². The molecule has 30 heavy (non-hydrogen) atoms. The minimum absolute atomic E-state index is 0.201. The zero-order valence-corrected chi connectivity index (χ0v) is 17.4. The van der Waals surface area contributed by atoms with E-state index in [4.69, 9.17) is 18.9 Å². The molecule has 0 aliphatic carbocycles.